The highest BCUT2D eigenvalue weighted by Crippen LogP contribution is 2.43. The normalized spacial score (nSPS) is 16.6. The Kier molecular flexibility index (Phi) is 3.88. The van der Waals surface area contributed by atoms with Gasteiger partial charge in [-0.1, -0.05) is 18.7 Å². The molecule has 0 heterocycles. The molecule has 0 saturated heterocycles. The minimum absolute atomic E-state index is 0.0140. The van der Waals surface area contributed by atoms with Gasteiger partial charge in [0.15, 0.2) is 0 Å². The molecule has 0 spiro atoms. The first-order valence-electron chi connectivity index (χ1n) is 6.58. The molecule has 0 aromatic heterocycles. The van der Waals surface area contributed by atoms with Gasteiger partial charge < -0.3 is 4.74 Å². The number of esters is 1. The molecule has 1 aliphatic carbocycles. The molecule has 1 fully saturated rings. The summed E-state index contributed by atoms with van der Waals surface area (Å²) < 4.78 is 5.62. The van der Waals surface area contributed by atoms with Crippen molar-refractivity contribution >= 4 is 11.7 Å². The molecule has 0 atom stereocenters. The molecule has 1 aromatic carbocycles. The van der Waals surface area contributed by atoms with Crippen LogP contribution in [0.1, 0.15) is 38.2 Å². The van der Waals surface area contributed by atoms with E-state index >= 15 is 0 Å². The van der Waals surface area contributed by atoms with E-state index in [2.05, 4.69) is 6.58 Å². The van der Waals surface area contributed by atoms with Crippen LogP contribution in [-0.4, -0.2) is 10.9 Å². The van der Waals surface area contributed by atoms with Crippen molar-refractivity contribution < 1.29 is 14.5 Å². The lowest BCUT2D eigenvalue weighted by Crippen LogP contribution is -2.29. The van der Waals surface area contributed by atoms with Crippen molar-refractivity contribution in [2.45, 2.75) is 38.2 Å². The van der Waals surface area contributed by atoms with Crippen molar-refractivity contribution in [3.63, 3.8) is 0 Å². The van der Waals surface area contributed by atoms with Gasteiger partial charge in [-0.2, -0.15) is 0 Å². The Hall–Kier alpha value is -2.17. The molecule has 0 amide bonds. The molecule has 2 rings (SSSR count). The first-order chi connectivity index (χ1) is 9.44. The van der Waals surface area contributed by atoms with E-state index in [-0.39, 0.29) is 5.69 Å². The zero-order valence-electron chi connectivity index (χ0n) is 11.4. The predicted molar refractivity (Wildman–Crippen MR) is 74.1 cm³/mol. The third kappa shape index (κ3) is 2.71. The SMILES string of the molecule is C=C(C)C(=O)OC1(c2cccc([N+](=O)[O-])c2)CCCC1. The smallest absolute Gasteiger partial charge is 0.333 e. The number of carbonyl (C=O) groups is 1. The summed E-state index contributed by atoms with van der Waals surface area (Å²) in [6.07, 6.45) is 3.25. The Bertz CT molecular complexity index is 559. The molecule has 0 unspecified atom stereocenters. The number of nitro benzene ring substituents is 1. The first kappa shape index (κ1) is 14.2. The monoisotopic (exact) mass is 275 g/mol. The van der Waals surface area contributed by atoms with Crippen molar-refractivity contribution in [3.05, 3.63) is 52.1 Å². The van der Waals surface area contributed by atoms with Gasteiger partial charge in [-0.15, -0.1) is 0 Å². The van der Waals surface area contributed by atoms with E-state index in [1.807, 2.05) is 0 Å². The average molecular weight is 275 g/mol. The zero-order chi connectivity index (χ0) is 14.8. The van der Waals surface area contributed by atoms with E-state index in [0.717, 1.165) is 12.8 Å². The third-order valence-corrected chi connectivity index (χ3v) is 3.63. The number of ether oxygens (including phenoxy) is 1. The zero-order valence-corrected chi connectivity index (χ0v) is 11.4. The van der Waals surface area contributed by atoms with Gasteiger partial charge in [-0.3, -0.25) is 10.1 Å². The van der Waals surface area contributed by atoms with Crippen LogP contribution in [0.5, 0.6) is 0 Å². The van der Waals surface area contributed by atoms with Crippen LogP contribution < -0.4 is 0 Å². The molecule has 0 aliphatic heterocycles. The Morgan fingerprint density at radius 3 is 2.60 bits per heavy atom. The molecule has 1 saturated carbocycles. The lowest BCUT2D eigenvalue weighted by molar-refractivity contribution is -0.385. The molecule has 1 aromatic rings. The summed E-state index contributed by atoms with van der Waals surface area (Å²) in [6, 6.07) is 6.34. The summed E-state index contributed by atoms with van der Waals surface area (Å²) in [6.45, 7) is 5.18. The maximum Gasteiger partial charge on any atom is 0.333 e. The van der Waals surface area contributed by atoms with Crippen LogP contribution >= 0.6 is 0 Å². The van der Waals surface area contributed by atoms with Crippen LogP contribution in [0.4, 0.5) is 5.69 Å². The number of non-ortho nitro benzene ring substituents is 1. The lowest BCUT2D eigenvalue weighted by Gasteiger charge is -2.29. The standard InChI is InChI=1S/C15H17NO4/c1-11(2)14(17)20-15(8-3-4-9-15)12-6-5-7-13(10-12)16(18)19/h5-7,10H,1,3-4,8-9H2,2H3. The van der Waals surface area contributed by atoms with E-state index in [4.69, 9.17) is 4.74 Å². The van der Waals surface area contributed by atoms with Gasteiger partial charge in [0.25, 0.3) is 5.69 Å². The van der Waals surface area contributed by atoms with Gasteiger partial charge in [0.05, 0.1) is 4.92 Å². The fraction of sp³-hybridized carbons (Fsp3) is 0.400. The topological polar surface area (TPSA) is 69.4 Å². The van der Waals surface area contributed by atoms with Gasteiger partial charge >= 0.3 is 5.97 Å². The van der Waals surface area contributed by atoms with Crippen LogP contribution in [0.3, 0.4) is 0 Å². The first-order valence-corrected chi connectivity index (χ1v) is 6.58. The molecule has 106 valence electrons. The summed E-state index contributed by atoms with van der Waals surface area (Å²) in [5.41, 5.74) is 0.294. The van der Waals surface area contributed by atoms with Crippen LogP contribution in [0.15, 0.2) is 36.4 Å². The van der Waals surface area contributed by atoms with E-state index in [9.17, 15) is 14.9 Å². The lowest BCUT2D eigenvalue weighted by atomic mass is 9.91. The van der Waals surface area contributed by atoms with Crippen molar-refractivity contribution in [3.8, 4) is 0 Å². The average Bonchev–Trinajstić information content (AvgIpc) is 2.88. The summed E-state index contributed by atoms with van der Waals surface area (Å²) >= 11 is 0. The summed E-state index contributed by atoms with van der Waals surface area (Å²) in [5, 5.41) is 10.9. The summed E-state index contributed by atoms with van der Waals surface area (Å²) in [7, 11) is 0. The second-order valence-electron chi connectivity index (χ2n) is 5.18. The Morgan fingerprint density at radius 1 is 1.40 bits per heavy atom. The third-order valence-electron chi connectivity index (χ3n) is 3.63. The number of hydrogen-bond acceptors (Lipinski definition) is 4. The predicted octanol–water partition coefficient (Wildman–Crippen LogP) is 3.48. The number of hydrogen-bond donors (Lipinski definition) is 0. The number of benzene rings is 1. The molecule has 0 bridgehead atoms. The number of rotatable bonds is 4. The fourth-order valence-corrected chi connectivity index (χ4v) is 2.56. The summed E-state index contributed by atoms with van der Waals surface area (Å²) in [5.74, 6) is -0.446. The van der Waals surface area contributed by atoms with Crippen LogP contribution in [0.2, 0.25) is 0 Å². The van der Waals surface area contributed by atoms with Gasteiger partial charge in [0.2, 0.25) is 0 Å². The molecule has 5 heteroatoms. The molecule has 0 radical (unpaired) electrons. The number of nitrogens with zero attached hydrogens (tertiary/aromatic N) is 1. The van der Waals surface area contributed by atoms with Crippen molar-refractivity contribution in [2.24, 2.45) is 0 Å². The van der Waals surface area contributed by atoms with Gasteiger partial charge in [-0.25, -0.2) is 4.79 Å². The molecule has 0 N–H and O–H groups in total. The van der Waals surface area contributed by atoms with Gasteiger partial charge in [0, 0.05) is 23.3 Å². The van der Waals surface area contributed by atoms with Crippen LogP contribution in [-0.2, 0) is 15.1 Å². The Balaban J connectivity index is 2.37. The van der Waals surface area contributed by atoms with Gasteiger partial charge in [0.1, 0.15) is 5.60 Å². The minimum atomic E-state index is -0.748. The van der Waals surface area contributed by atoms with Gasteiger partial charge in [-0.05, 0) is 32.6 Å². The highest BCUT2D eigenvalue weighted by atomic mass is 16.6. The molecule has 5 nitrogen and oxygen atoms in total. The van der Waals surface area contributed by atoms with Crippen molar-refractivity contribution in [2.75, 3.05) is 0 Å². The second kappa shape index (κ2) is 5.45. The largest absolute Gasteiger partial charge is 0.451 e. The Morgan fingerprint density at radius 2 is 2.05 bits per heavy atom. The van der Waals surface area contributed by atoms with E-state index in [1.165, 1.54) is 12.1 Å². The van der Waals surface area contributed by atoms with Crippen LogP contribution in [0, 0.1) is 10.1 Å². The summed E-state index contributed by atoms with van der Waals surface area (Å²) in [4.78, 5) is 22.3. The quantitative estimate of drug-likeness (QED) is 0.365. The van der Waals surface area contributed by atoms with E-state index in [1.54, 1.807) is 19.1 Å². The molecule has 1 aliphatic rings. The maximum atomic E-state index is 11.8. The highest BCUT2D eigenvalue weighted by molar-refractivity contribution is 5.87. The van der Waals surface area contributed by atoms with E-state index in [0.29, 0.717) is 24.0 Å². The second-order valence-corrected chi connectivity index (χ2v) is 5.18. The number of carbonyl (C=O) groups excluding carboxylic acids is 1. The number of nitro groups is 1. The fourth-order valence-electron chi connectivity index (χ4n) is 2.56. The molecular formula is C15H17NO4. The Labute approximate surface area is 117 Å². The molecular weight excluding hydrogens is 258 g/mol. The maximum absolute atomic E-state index is 11.8. The highest BCUT2D eigenvalue weighted by Gasteiger charge is 2.40. The molecule has 20 heavy (non-hydrogen) atoms. The van der Waals surface area contributed by atoms with Crippen LogP contribution in [0.25, 0.3) is 0 Å². The van der Waals surface area contributed by atoms with Crippen molar-refractivity contribution in [1.29, 1.82) is 0 Å². The van der Waals surface area contributed by atoms with Crippen molar-refractivity contribution in [1.82, 2.24) is 0 Å². The minimum Gasteiger partial charge on any atom is -0.451 e. The van der Waals surface area contributed by atoms with E-state index < -0.39 is 16.5 Å².